The molecule has 1 unspecified atom stereocenters. The van der Waals surface area contributed by atoms with Crippen LogP contribution in [0.2, 0.25) is 0 Å². The zero-order chi connectivity index (χ0) is 20.7. The number of likely N-dealkylation sites (N-methyl/N-ethyl adjacent to an activating group) is 1. The van der Waals surface area contributed by atoms with Crippen LogP contribution in [0.4, 0.5) is 18.0 Å². The van der Waals surface area contributed by atoms with Crippen molar-refractivity contribution in [3.8, 4) is 0 Å². The molecule has 1 heterocycles. The van der Waals surface area contributed by atoms with Gasteiger partial charge in [0.1, 0.15) is 5.60 Å². The largest absolute Gasteiger partial charge is 0.444 e. The number of carbonyl (C=O) groups is 1. The van der Waals surface area contributed by atoms with E-state index in [2.05, 4.69) is 15.6 Å². The van der Waals surface area contributed by atoms with Gasteiger partial charge >= 0.3 is 12.3 Å². The highest BCUT2D eigenvalue weighted by Crippen LogP contribution is 2.19. The molecule has 0 aromatic rings. The first-order chi connectivity index (χ1) is 12.4. The molecule has 0 saturated carbocycles. The molecule has 1 aliphatic heterocycles. The van der Waals surface area contributed by atoms with Gasteiger partial charge in [0.15, 0.2) is 5.96 Å². The Balaban J connectivity index is 0.00000729. The smallest absolute Gasteiger partial charge is 0.410 e. The molecule has 0 aliphatic carbocycles. The second-order valence-electron chi connectivity index (χ2n) is 7.64. The number of alkyl halides is 3. The van der Waals surface area contributed by atoms with Crippen LogP contribution in [-0.2, 0) is 4.74 Å². The van der Waals surface area contributed by atoms with E-state index in [-0.39, 0.29) is 30.0 Å². The summed E-state index contributed by atoms with van der Waals surface area (Å²) in [6.07, 6.45) is -3.98. The van der Waals surface area contributed by atoms with Gasteiger partial charge in [-0.2, -0.15) is 13.2 Å². The number of carbonyl (C=O) groups excluding carboxylic acids is 1. The molecule has 11 heteroatoms. The number of guanidine groups is 1. The number of nitrogens with zero attached hydrogens (tertiary/aromatic N) is 3. The molecule has 1 aliphatic rings. The molecule has 1 saturated heterocycles. The molecule has 1 amide bonds. The second kappa shape index (κ2) is 11.9. The highest BCUT2D eigenvalue weighted by atomic mass is 127. The lowest BCUT2D eigenvalue weighted by atomic mass is 10.2. The maximum Gasteiger partial charge on any atom is 0.410 e. The summed E-state index contributed by atoms with van der Waals surface area (Å²) >= 11 is 0. The minimum Gasteiger partial charge on any atom is -0.444 e. The van der Waals surface area contributed by atoms with Crippen molar-refractivity contribution < 1.29 is 22.7 Å². The summed E-state index contributed by atoms with van der Waals surface area (Å²) in [6, 6.07) is -0.0891. The standard InChI is InChI=1S/C17H32F3N5O2.HI/c1-6-21-14(22-8-10-24(5)15(26)27-16(2,3)4)23-13-7-9-25(11-13)12-17(18,19)20;/h13H,6-12H2,1-5H3,(H2,21,22,23);1H. The van der Waals surface area contributed by atoms with Crippen molar-refractivity contribution in [1.82, 2.24) is 20.4 Å². The van der Waals surface area contributed by atoms with Gasteiger partial charge in [-0.15, -0.1) is 24.0 Å². The molecular formula is C17H33F3IN5O2. The van der Waals surface area contributed by atoms with E-state index in [1.54, 1.807) is 27.8 Å². The van der Waals surface area contributed by atoms with Crippen molar-refractivity contribution in [3.05, 3.63) is 0 Å². The van der Waals surface area contributed by atoms with E-state index in [4.69, 9.17) is 4.74 Å². The van der Waals surface area contributed by atoms with Gasteiger partial charge in [-0.25, -0.2) is 4.79 Å². The van der Waals surface area contributed by atoms with Gasteiger partial charge in [0, 0.05) is 39.3 Å². The summed E-state index contributed by atoms with van der Waals surface area (Å²) in [5, 5.41) is 6.25. The third kappa shape index (κ3) is 11.8. The molecule has 0 radical (unpaired) electrons. The summed E-state index contributed by atoms with van der Waals surface area (Å²) in [6.45, 7) is 8.50. The van der Waals surface area contributed by atoms with Crippen LogP contribution in [0.5, 0.6) is 0 Å². The Morgan fingerprint density at radius 1 is 1.32 bits per heavy atom. The first-order valence-electron chi connectivity index (χ1n) is 9.17. The van der Waals surface area contributed by atoms with Crippen molar-refractivity contribution >= 4 is 36.0 Å². The monoisotopic (exact) mass is 523 g/mol. The molecule has 0 spiro atoms. The highest BCUT2D eigenvalue weighted by molar-refractivity contribution is 14.0. The Morgan fingerprint density at radius 3 is 2.50 bits per heavy atom. The first kappa shape index (κ1) is 27.0. The van der Waals surface area contributed by atoms with Crippen LogP contribution in [0, 0.1) is 0 Å². The van der Waals surface area contributed by atoms with Crippen LogP contribution in [0.3, 0.4) is 0 Å². The van der Waals surface area contributed by atoms with E-state index < -0.39 is 24.4 Å². The Bertz CT molecular complexity index is 512. The minimum absolute atomic E-state index is 0. The molecule has 28 heavy (non-hydrogen) atoms. The fourth-order valence-electron chi connectivity index (χ4n) is 2.60. The average Bonchev–Trinajstić information content (AvgIpc) is 2.90. The lowest BCUT2D eigenvalue weighted by Gasteiger charge is -2.24. The van der Waals surface area contributed by atoms with Crippen molar-refractivity contribution in [2.45, 2.75) is 51.9 Å². The number of halogens is 4. The van der Waals surface area contributed by atoms with Crippen LogP contribution in [0.15, 0.2) is 4.99 Å². The number of hydrogen-bond donors (Lipinski definition) is 2. The fourth-order valence-corrected chi connectivity index (χ4v) is 2.60. The first-order valence-corrected chi connectivity index (χ1v) is 9.17. The van der Waals surface area contributed by atoms with Gasteiger partial charge < -0.3 is 20.3 Å². The number of likely N-dealkylation sites (tertiary alicyclic amines) is 1. The summed E-state index contributed by atoms with van der Waals surface area (Å²) in [4.78, 5) is 19.1. The van der Waals surface area contributed by atoms with Gasteiger partial charge in [-0.3, -0.25) is 9.89 Å². The third-order valence-corrected chi connectivity index (χ3v) is 3.77. The number of hydrogen-bond acceptors (Lipinski definition) is 4. The Labute approximate surface area is 182 Å². The Hall–Kier alpha value is -0.980. The summed E-state index contributed by atoms with van der Waals surface area (Å²) in [7, 11) is 1.63. The molecule has 0 aromatic heterocycles. The lowest BCUT2D eigenvalue weighted by Crippen LogP contribution is -2.45. The van der Waals surface area contributed by atoms with Crippen LogP contribution >= 0.6 is 24.0 Å². The van der Waals surface area contributed by atoms with Crippen molar-refractivity contribution in [1.29, 1.82) is 0 Å². The van der Waals surface area contributed by atoms with E-state index in [0.29, 0.717) is 45.1 Å². The Kier molecular flexibility index (Phi) is 11.5. The van der Waals surface area contributed by atoms with Crippen molar-refractivity contribution in [3.63, 3.8) is 0 Å². The molecule has 0 aromatic carbocycles. The average molecular weight is 523 g/mol. The predicted molar refractivity (Wildman–Crippen MR) is 114 cm³/mol. The third-order valence-electron chi connectivity index (χ3n) is 3.77. The van der Waals surface area contributed by atoms with E-state index in [9.17, 15) is 18.0 Å². The predicted octanol–water partition coefficient (Wildman–Crippen LogP) is 2.66. The maximum absolute atomic E-state index is 12.5. The number of rotatable bonds is 6. The van der Waals surface area contributed by atoms with Crippen LogP contribution in [0.25, 0.3) is 0 Å². The van der Waals surface area contributed by atoms with Gasteiger partial charge in [-0.1, -0.05) is 0 Å². The molecule has 1 rings (SSSR count). The van der Waals surface area contributed by atoms with E-state index >= 15 is 0 Å². The number of nitrogens with one attached hydrogen (secondary N) is 2. The van der Waals surface area contributed by atoms with Crippen LogP contribution in [-0.4, -0.2) is 86.0 Å². The van der Waals surface area contributed by atoms with Crippen molar-refractivity contribution in [2.75, 3.05) is 46.3 Å². The lowest BCUT2D eigenvalue weighted by molar-refractivity contribution is -0.143. The number of amides is 1. The summed E-state index contributed by atoms with van der Waals surface area (Å²) in [5.41, 5.74) is -0.560. The quantitative estimate of drug-likeness (QED) is 0.319. The second-order valence-corrected chi connectivity index (χ2v) is 7.64. The van der Waals surface area contributed by atoms with Crippen LogP contribution in [0.1, 0.15) is 34.1 Å². The van der Waals surface area contributed by atoms with Crippen molar-refractivity contribution in [2.24, 2.45) is 4.99 Å². The van der Waals surface area contributed by atoms with Gasteiger partial charge in [0.05, 0.1) is 13.1 Å². The molecule has 166 valence electrons. The zero-order valence-corrected chi connectivity index (χ0v) is 19.6. The normalized spacial score (nSPS) is 18.4. The van der Waals surface area contributed by atoms with Crippen LogP contribution < -0.4 is 10.6 Å². The highest BCUT2D eigenvalue weighted by Gasteiger charge is 2.34. The summed E-state index contributed by atoms with van der Waals surface area (Å²) < 4.78 is 42.7. The number of aliphatic imine (C=N–C) groups is 1. The van der Waals surface area contributed by atoms with E-state index in [1.807, 2.05) is 6.92 Å². The van der Waals surface area contributed by atoms with Gasteiger partial charge in [0.2, 0.25) is 0 Å². The van der Waals surface area contributed by atoms with E-state index in [1.165, 1.54) is 9.80 Å². The van der Waals surface area contributed by atoms with E-state index in [0.717, 1.165) is 0 Å². The molecule has 0 bridgehead atoms. The zero-order valence-electron chi connectivity index (χ0n) is 17.2. The molecule has 2 N–H and O–H groups in total. The minimum atomic E-state index is -4.18. The van der Waals surface area contributed by atoms with Gasteiger partial charge in [0.25, 0.3) is 0 Å². The van der Waals surface area contributed by atoms with Gasteiger partial charge in [-0.05, 0) is 34.1 Å². The Morgan fingerprint density at radius 2 is 1.96 bits per heavy atom. The SMILES string of the molecule is CCNC(=NCCN(C)C(=O)OC(C)(C)C)NC1CCN(CC(F)(F)F)C1.I. The fraction of sp³-hybridized carbons (Fsp3) is 0.882. The number of ether oxygens (including phenoxy) is 1. The summed E-state index contributed by atoms with van der Waals surface area (Å²) in [5.74, 6) is 0.536. The molecular weight excluding hydrogens is 490 g/mol. The maximum atomic E-state index is 12.5. The molecule has 1 fully saturated rings. The molecule has 1 atom stereocenters. The molecule has 7 nitrogen and oxygen atoms in total. The topological polar surface area (TPSA) is 69.2 Å².